The van der Waals surface area contributed by atoms with Gasteiger partial charge in [0.05, 0.1) is 11.6 Å². The summed E-state index contributed by atoms with van der Waals surface area (Å²) in [7, 11) is 1.99. The summed E-state index contributed by atoms with van der Waals surface area (Å²) < 4.78 is 19.6. The number of halogens is 1. The molecule has 1 aromatic heterocycles. The molecule has 1 unspecified atom stereocenters. The Hall–Kier alpha value is -1.72. The lowest BCUT2D eigenvalue weighted by Gasteiger charge is -2.27. The van der Waals surface area contributed by atoms with Gasteiger partial charge >= 0.3 is 0 Å². The molecule has 0 amide bonds. The highest BCUT2D eigenvalue weighted by molar-refractivity contribution is 5.78. The Kier molecular flexibility index (Phi) is 4.55. The molecule has 0 bridgehead atoms. The summed E-state index contributed by atoms with van der Waals surface area (Å²) in [4.78, 5) is 17.2. The van der Waals surface area contributed by atoms with E-state index in [1.54, 1.807) is 18.2 Å². The van der Waals surface area contributed by atoms with Gasteiger partial charge in [0.1, 0.15) is 5.82 Å². The number of ether oxygens (including phenoxy) is 1. The minimum Gasteiger partial charge on any atom is -0.377 e. The Bertz CT molecular complexity index is 707. The zero-order chi connectivity index (χ0) is 15.5. The van der Waals surface area contributed by atoms with Gasteiger partial charge in [-0.25, -0.2) is 4.39 Å². The second kappa shape index (κ2) is 6.58. The largest absolute Gasteiger partial charge is 0.377 e. The Morgan fingerprint density at radius 2 is 2.27 bits per heavy atom. The van der Waals surface area contributed by atoms with Crippen LogP contribution in [-0.4, -0.2) is 36.2 Å². The highest BCUT2D eigenvalue weighted by atomic mass is 19.1. The van der Waals surface area contributed by atoms with Crippen LogP contribution in [0.2, 0.25) is 0 Å². The standard InChI is InChI=1S/C17H21FN2O2/c1-20(11-13-5-2-3-8-22-13)10-12-9-16(21)14-6-4-7-15(18)17(14)19-12/h4,6-7,9,13H,2-3,5,8,10-11H2,1H3,(H,19,21). The number of hydrogen-bond acceptors (Lipinski definition) is 3. The van der Waals surface area contributed by atoms with E-state index in [0.29, 0.717) is 11.9 Å². The average molecular weight is 304 g/mol. The highest BCUT2D eigenvalue weighted by Crippen LogP contribution is 2.15. The predicted molar refractivity (Wildman–Crippen MR) is 84.5 cm³/mol. The molecule has 1 aliphatic rings. The van der Waals surface area contributed by atoms with Crippen LogP contribution in [0.3, 0.4) is 0 Å². The van der Waals surface area contributed by atoms with Crippen LogP contribution in [0, 0.1) is 5.82 Å². The minimum atomic E-state index is -0.394. The van der Waals surface area contributed by atoms with Crippen molar-refractivity contribution in [1.82, 2.24) is 9.88 Å². The number of nitrogens with zero attached hydrogens (tertiary/aromatic N) is 1. The topological polar surface area (TPSA) is 45.3 Å². The molecule has 5 heteroatoms. The van der Waals surface area contributed by atoms with Crippen molar-refractivity contribution in [2.75, 3.05) is 20.2 Å². The first-order chi connectivity index (χ1) is 10.6. The molecular formula is C17H21FN2O2. The van der Waals surface area contributed by atoms with Crippen LogP contribution in [0.25, 0.3) is 10.9 Å². The number of aromatic nitrogens is 1. The molecule has 22 heavy (non-hydrogen) atoms. The van der Waals surface area contributed by atoms with Crippen LogP contribution in [0.1, 0.15) is 25.0 Å². The second-order valence-electron chi connectivity index (χ2n) is 6.01. The predicted octanol–water partition coefficient (Wildman–Crippen LogP) is 2.67. The SMILES string of the molecule is CN(Cc1cc(=O)c2cccc(F)c2[nH]1)CC1CCCCO1. The maximum absolute atomic E-state index is 13.9. The van der Waals surface area contributed by atoms with E-state index in [1.165, 1.54) is 12.5 Å². The van der Waals surface area contributed by atoms with Crippen LogP contribution in [0.5, 0.6) is 0 Å². The molecule has 0 radical (unpaired) electrons. The summed E-state index contributed by atoms with van der Waals surface area (Å²) >= 11 is 0. The van der Waals surface area contributed by atoms with E-state index in [2.05, 4.69) is 9.88 Å². The number of H-pyrrole nitrogens is 1. The zero-order valence-electron chi connectivity index (χ0n) is 12.8. The molecule has 1 atom stereocenters. The number of aromatic amines is 1. The smallest absolute Gasteiger partial charge is 0.189 e. The van der Waals surface area contributed by atoms with Crippen molar-refractivity contribution >= 4 is 10.9 Å². The summed E-state index contributed by atoms with van der Waals surface area (Å²) in [6.45, 7) is 2.22. The van der Waals surface area contributed by atoms with Gasteiger partial charge in [-0.05, 0) is 38.4 Å². The van der Waals surface area contributed by atoms with Crippen molar-refractivity contribution in [1.29, 1.82) is 0 Å². The van der Waals surface area contributed by atoms with Crippen molar-refractivity contribution in [3.8, 4) is 0 Å². The number of fused-ring (bicyclic) bond motifs is 1. The summed E-state index contributed by atoms with van der Waals surface area (Å²) in [6.07, 6.45) is 3.67. The van der Waals surface area contributed by atoms with Crippen LogP contribution in [0.4, 0.5) is 4.39 Å². The fourth-order valence-electron chi connectivity index (χ4n) is 3.03. The normalized spacial score (nSPS) is 19.0. The lowest BCUT2D eigenvalue weighted by atomic mass is 10.1. The Labute approximate surface area is 128 Å². The first-order valence-corrected chi connectivity index (χ1v) is 7.74. The van der Waals surface area contributed by atoms with Crippen molar-refractivity contribution in [3.63, 3.8) is 0 Å². The highest BCUT2D eigenvalue weighted by Gasteiger charge is 2.16. The van der Waals surface area contributed by atoms with Crippen LogP contribution in [-0.2, 0) is 11.3 Å². The maximum atomic E-state index is 13.9. The van der Waals surface area contributed by atoms with E-state index in [9.17, 15) is 9.18 Å². The molecule has 2 aromatic rings. The van der Waals surface area contributed by atoms with E-state index in [-0.39, 0.29) is 17.0 Å². The first kappa shape index (κ1) is 15.2. The number of nitrogens with one attached hydrogen (secondary N) is 1. The van der Waals surface area contributed by atoms with Gasteiger partial charge in [0, 0.05) is 36.8 Å². The molecule has 1 aromatic carbocycles. The molecule has 0 aliphatic carbocycles. The second-order valence-corrected chi connectivity index (χ2v) is 6.01. The summed E-state index contributed by atoms with van der Waals surface area (Å²) in [5.41, 5.74) is 0.860. The molecule has 118 valence electrons. The van der Waals surface area contributed by atoms with Crippen molar-refractivity contribution in [2.45, 2.75) is 31.9 Å². The molecule has 1 N–H and O–H groups in total. The average Bonchev–Trinajstić information content (AvgIpc) is 2.49. The van der Waals surface area contributed by atoms with Gasteiger partial charge in [-0.1, -0.05) is 6.07 Å². The number of hydrogen-bond donors (Lipinski definition) is 1. The lowest BCUT2D eigenvalue weighted by molar-refractivity contribution is -0.00273. The quantitative estimate of drug-likeness (QED) is 0.944. The van der Waals surface area contributed by atoms with Gasteiger partial charge < -0.3 is 9.72 Å². The maximum Gasteiger partial charge on any atom is 0.189 e. The molecule has 3 rings (SSSR count). The molecule has 1 saturated heterocycles. The fraction of sp³-hybridized carbons (Fsp3) is 0.471. The summed E-state index contributed by atoms with van der Waals surface area (Å²) in [6, 6.07) is 6.11. The van der Waals surface area contributed by atoms with Gasteiger partial charge in [-0.3, -0.25) is 9.69 Å². The third-order valence-electron chi connectivity index (χ3n) is 4.10. The monoisotopic (exact) mass is 304 g/mol. The zero-order valence-corrected chi connectivity index (χ0v) is 12.8. The van der Waals surface area contributed by atoms with Gasteiger partial charge in [0.15, 0.2) is 5.43 Å². The Morgan fingerprint density at radius 1 is 1.41 bits per heavy atom. The van der Waals surface area contributed by atoms with Crippen LogP contribution in [0.15, 0.2) is 29.1 Å². The van der Waals surface area contributed by atoms with E-state index in [4.69, 9.17) is 4.74 Å². The molecule has 1 fully saturated rings. The van der Waals surface area contributed by atoms with Crippen molar-refractivity contribution in [3.05, 3.63) is 46.0 Å². The number of likely N-dealkylation sites (N-methyl/N-ethyl adjacent to an activating group) is 1. The van der Waals surface area contributed by atoms with E-state index >= 15 is 0 Å². The molecule has 0 spiro atoms. The Balaban J connectivity index is 1.75. The number of benzene rings is 1. The third-order valence-corrected chi connectivity index (χ3v) is 4.10. The number of pyridine rings is 1. The number of rotatable bonds is 4. The van der Waals surface area contributed by atoms with Crippen LogP contribution < -0.4 is 5.43 Å². The third kappa shape index (κ3) is 3.36. The minimum absolute atomic E-state index is 0.148. The van der Waals surface area contributed by atoms with Gasteiger partial charge in [-0.15, -0.1) is 0 Å². The molecule has 2 heterocycles. The van der Waals surface area contributed by atoms with Crippen LogP contribution >= 0.6 is 0 Å². The van der Waals surface area contributed by atoms with E-state index in [1.807, 2.05) is 7.05 Å². The molecule has 1 aliphatic heterocycles. The van der Waals surface area contributed by atoms with Crippen molar-refractivity contribution in [2.24, 2.45) is 0 Å². The summed E-state index contributed by atoms with van der Waals surface area (Å²) in [5.74, 6) is -0.394. The Morgan fingerprint density at radius 3 is 3.05 bits per heavy atom. The number of para-hydroxylation sites is 1. The van der Waals surface area contributed by atoms with E-state index < -0.39 is 5.82 Å². The summed E-state index contributed by atoms with van der Waals surface area (Å²) in [5, 5.41) is 0.391. The molecule has 0 saturated carbocycles. The first-order valence-electron chi connectivity index (χ1n) is 7.74. The fourth-order valence-corrected chi connectivity index (χ4v) is 3.03. The molecule has 4 nitrogen and oxygen atoms in total. The van der Waals surface area contributed by atoms with Gasteiger partial charge in [0.25, 0.3) is 0 Å². The lowest BCUT2D eigenvalue weighted by Crippen LogP contribution is -2.33. The van der Waals surface area contributed by atoms with Crippen molar-refractivity contribution < 1.29 is 9.13 Å². The van der Waals surface area contributed by atoms with Gasteiger partial charge in [-0.2, -0.15) is 0 Å². The van der Waals surface area contributed by atoms with E-state index in [0.717, 1.165) is 31.7 Å². The molecular weight excluding hydrogens is 283 g/mol. The van der Waals surface area contributed by atoms with Gasteiger partial charge in [0.2, 0.25) is 0 Å².